The van der Waals surface area contributed by atoms with E-state index in [1.165, 1.54) is 0 Å². The molecule has 1 atom stereocenters. The Morgan fingerprint density at radius 1 is 1.00 bits per heavy atom. The van der Waals surface area contributed by atoms with Crippen molar-refractivity contribution in [3.63, 3.8) is 0 Å². The molecule has 0 spiro atoms. The molecule has 0 aliphatic carbocycles. The van der Waals surface area contributed by atoms with Gasteiger partial charge in [-0.3, -0.25) is 4.79 Å². The average Bonchev–Trinajstić information content (AvgIpc) is 3.14. The van der Waals surface area contributed by atoms with Gasteiger partial charge in [-0.1, -0.05) is 55.5 Å². The quantitative estimate of drug-likeness (QED) is 0.539. The number of fused-ring (bicyclic) bond motifs is 1. The molecule has 0 aliphatic heterocycles. The molecule has 0 saturated carbocycles. The normalized spacial score (nSPS) is 12.0. The van der Waals surface area contributed by atoms with Gasteiger partial charge >= 0.3 is 0 Å². The van der Waals surface area contributed by atoms with E-state index in [-0.39, 0.29) is 11.8 Å². The molecule has 1 unspecified atom stereocenters. The highest BCUT2D eigenvalue weighted by Crippen LogP contribution is 2.24. The van der Waals surface area contributed by atoms with Crippen LogP contribution >= 0.6 is 0 Å². The van der Waals surface area contributed by atoms with Crippen LogP contribution in [0.3, 0.4) is 0 Å². The number of imidazole rings is 1. The molecular formula is C23H21N3O. The van der Waals surface area contributed by atoms with Crippen molar-refractivity contribution in [1.82, 2.24) is 9.38 Å². The zero-order chi connectivity index (χ0) is 18.6. The summed E-state index contributed by atoms with van der Waals surface area (Å²) in [5.41, 5.74) is 4.68. The third kappa shape index (κ3) is 3.60. The first-order valence-electron chi connectivity index (χ1n) is 9.14. The molecule has 134 valence electrons. The van der Waals surface area contributed by atoms with Crippen LogP contribution in [-0.4, -0.2) is 15.3 Å². The Balaban J connectivity index is 1.51. The zero-order valence-electron chi connectivity index (χ0n) is 15.2. The van der Waals surface area contributed by atoms with Crippen molar-refractivity contribution in [3.8, 4) is 11.3 Å². The number of amides is 1. The Kier molecular flexibility index (Phi) is 4.71. The minimum atomic E-state index is -0.149. The SMILES string of the molecule is CCC(C(=O)Nc1ccc(-c2cn3ccccc3n2)cc1)c1ccccc1. The Labute approximate surface area is 158 Å². The predicted molar refractivity (Wildman–Crippen MR) is 109 cm³/mol. The van der Waals surface area contributed by atoms with Crippen LogP contribution in [0.25, 0.3) is 16.9 Å². The molecule has 4 rings (SSSR count). The maximum Gasteiger partial charge on any atom is 0.231 e. The molecule has 0 fully saturated rings. The standard InChI is InChI=1S/C23H21N3O/c1-2-20(17-8-4-3-5-9-17)23(27)24-19-13-11-18(12-14-19)21-16-26-15-7-6-10-22(26)25-21/h3-16,20H,2H2,1H3,(H,24,27). The summed E-state index contributed by atoms with van der Waals surface area (Å²) in [6.45, 7) is 2.03. The summed E-state index contributed by atoms with van der Waals surface area (Å²) >= 11 is 0. The van der Waals surface area contributed by atoms with Gasteiger partial charge in [-0.2, -0.15) is 0 Å². The highest BCUT2D eigenvalue weighted by molar-refractivity contribution is 5.96. The summed E-state index contributed by atoms with van der Waals surface area (Å²) in [5, 5.41) is 3.03. The lowest BCUT2D eigenvalue weighted by Crippen LogP contribution is -2.20. The van der Waals surface area contributed by atoms with Crippen molar-refractivity contribution in [3.05, 3.63) is 90.8 Å². The number of carbonyl (C=O) groups is 1. The number of hydrogen-bond donors (Lipinski definition) is 1. The van der Waals surface area contributed by atoms with Crippen molar-refractivity contribution >= 4 is 17.2 Å². The molecule has 2 heterocycles. The molecule has 1 N–H and O–H groups in total. The van der Waals surface area contributed by atoms with Crippen LogP contribution in [0.4, 0.5) is 5.69 Å². The van der Waals surface area contributed by atoms with Crippen LogP contribution in [0.2, 0.25) is 0 Å². The topological polar surface area (TPSA) is 46.4 Å². The summed E-state index contributed by atoms with van der Waals surface area (Å²) < 4.78 is 2.00. The van der Waals surface area contributed by atoms with Gasteiger partial charge in [-0.05, 0) is 36.2 Å². The average molecular weight is 355 g/mol. The maximum atomic E-state index is 12.7. The highest BCUT2D eigenvalue weighted by Gasteiger charge is 2.18. The lowest BCUT2D eigenvalue weighted by Gasteiger charge is -2.15. The first-order valence-corrected chi connectivity index (χ1v) is 9.14. The molecule has 2 aromatic carbocycles. The fourth-order valence-electron chi connectivity index (χ4n) is 3.29. The van der Waals surface area contributed by atoms with Gasteiger partial charge in [0.25, 0.3) is 0 Å². The number of nitrogens with zero attached hydrogens (tertiary/aromatic N) is 2. The largest absolute Gasteiger partial charge is 0.326 e. The number of carbonyl (C=O) groups excluding carboxylic acids is 1. The van der Waals surface area contributed by atoms with E-state index >= 15 is 0 Å². The lowest BCUT2D eigenvalue weighted by molar-refractivity contribution is -0.117. The molecule has 4 nitrogen and oxygen atoms in total. The minimum Gasteiger partial charge on any atom is -0.326 e. The van der Waals surface area contributed by atoms with Crippen molar-refractivity contribution in [2.75, 3.05) is 5.32 Å². The second kappa shape index (κ2) is 7.46. The van der Waals surface area contributed by atoms with Crippen LogP contribution in [0.15, 0.2) is 85.2 Å². The Morgan fingerprint density at radius 2 is 1.74 bits per heavy atom. The summed E-state index contributed by atoms with van der Waals surface area (Å²) in [4.78, 5) is 17.3. The van der Waals surface area contributed by atoms with Gasteiger partial charge < -0.3 is 9.72 Å². The van der Waals surface area contributed by atoms with Crippen LogP contribution in [-0.2, 0) is 4.79 Å². The Morgan fingerprint density at radius 3 is 2.44 bits per heavy atom. The first kappa shape index (κ1) is 17.0. The van der Waals surface area contributed by atoms with Crippen molar-refractivity contribution in [2.45, 2.75) is 19.3 Å². The van der Waals surface area contributed by atoms with Gasteiger partial charge in [0.05, 0.1) is 11.6 Å². The van der Waals surface area contributed by atoms with E-state index in [1.807, 2.05) is 96.5 Å². The number of aromatic nitrogens is 2. The number of rotatable bonds is 5. The Bertz CT molecular complexity index is 1020. The van der Waals surface area contributed by atoms with Crippen LogP contribution < -0.4 is 5.32 Å². The van der Waals surface area contributed by atoms with E-state index in [0.717, 1.165) is 34.6 Å². The minimum absolute atomic E-state index is 0.0178. The van der Waals surface area contributed by atoms with Gasteiger partial charge in [0.1, 0.15) is 5.65 Å². The van der Waals surface area contributed by atoms with Gasteiger partial charge in [0, 0.05) is 23.6 Å². The van der Waals surface area contributed by atoms with Crippen molar-refractivity contribution < 1.29 is 4.79 Å². The molecule has 0 radical (unpaired) electrons. The highest BCUT2D eigenvalue weighted by atomic mass is 16.1. The van der Waals surface area contributed by atoms with E-state index in [0.29, 0.717) is 0 Å². The third-order valence-corrected chi connectivity index (χ3v) is 4.74. The van der Waals surface area contributed by atoms with Gasteiger partial charge in [0.2, 0.25) is 5.91 Å². The monoisotopic (exact) mass is 355 g/mol. The second-order valence-electron chi connectivity index (χ2n) is 6.53. The van der Waals surface area contributed by atoms with Gasteiger partial charge in [-0.15, -0.1) is 0 Å². The smallest absolute Gasteiger partial charge is 0.231 e. The van der Waals surface area contributed by atoms with Crippen molar-refractivity contribution in [1.29, 1.82) is 0 Å². The second-order valence-corrected chi connectivity index (χ2v) is 6.53. The number of anilines is 1. The first-order chi connectivity index (χ1) is 13.2. The summed E-state index contributed by atoms with van der Waals surface area (Å²) in [5.74, 6) is -0.131. The van der Waals surface area contributed by atoms with Gasteiger partial charge in [-0.25, -0.2) is 4.98 Å². The molecule has 0 aliphatic rings. The van der Waals surface area contributed by atoms with Crippen LogP contribution in [0.1, 0.15) is 24.8 Å². The number of nitrogens with one attached hydrogen (secondary N) is 1. The molecule has 27 heavy (non-hydrogen) atoms. The molecule has 4 aromatic rings. The molecule has 4 heteroatoms. The van der Waals surface area contributed by atoms with Crippen LogP contribution in [0.5, 0.6) is 0 Å². The lowest BCUT2D eigenvalue weighted by atomic mass is 9.95. The summed E-state index contributed by atoms with van der Waals surface area (Å²) in [6, 6.07) is 23.7. The van der Waals surface area contributed by atoms with Crippen LogP contribution in [0, 0.1) is 0 Å². The molecule has 0 saturated heterocycles. The third-order valence-electron chi connectivity index (χ3n) is 4.74. The van der Waals surface area contributed by atoms with E-state index < -0.39 is 0 Å². The van der Waals surface area contributed by atoms with E-state index in [1.54, 1.807) is 0 Å². The Hall–Kier alpha value is -3.40. The molecule has 2 aromatic heterocycles. The van der Waals surface area contributed by atoms with E-state index in [9.17, 15) is 4.79 Å². The van der Waals surface area contributed by atoms with E-state index in [4.69, 9.17) is 0 Å². The molecule has 0 bridgehead atoms. The maximum absolute atomic E-state index is 12.7. The molecular weight excluding hydrogens is 334 g/mol. The zero-order valence-corrected chi connectivity index (χ0v) is 15.2. The number of benzene rings is 2. The van der Waals surface area contributed by atoms with Gasteiger partial charge in [0.15, 0.2) is 0 Å². The summed E-state index contributed by atoms with van der Waals surface area (Å²) in [6.07, 6.45) is 4.75. The van der Waals surface area contributed by atoms with Crippen molar-refractivity contribution in [2.24, 2.45) is 0 Å². The predicted octanol–water partition coefficient (Wildman–Crippen LogP) is 5.13. The van der Waals surface area contributed by atoms with E-state index in [2.05, 4.69) is 10.3 Å². The molecule has 1 amide bonds. The summed E-state index contributed by atoms with van der Waals surface area (Å²) in [7, 11) is 0. The number of hydrogen-bond acceptors (Lipinski definition) is 2. The fraction of sp³-hybridized carbons (Fsp3) is 0.130. The number of pyridine rings is 1. The fourth-order valence-corrected chi connectivity index (χ4v) is 3.29.